The molecule has 0 spiro atoms. The zero-order valence-electron chi connectivity index (χ0n) is 21.0. The molecule has 184 valence electrons. The monoisotopic (exact) mass is 491 g/mol. The standard InChI is InChI=1S/C29H33NO4S/c1-18-16-23(30-35-22-11-7-6-8-12-22)19(2)26(27(28(31)32)34-29(3,4)5)25(18)21-13-14-24-20(17-21)10-9-15-33-24/h6-8,11-14,16-17,27,30H,9-10,15H2,1-5H3,(H,31,32). The van der Waals surface area contributed by atoms with Gasteiger partial charge in [-0.3, -0.25) is 0 Å². The van der Waals surface area contributed by atoms with Crippen LogP contribution in [0.4, 0.5) is 5.69 Å². The quantitative estimate of drug-likeness (QED) is 0.337. The molecule has 3 aromatic rings. The van der Waals surface area contributed by atoms with Crippen LogP contribution in [-0.2, 0) is 16.0 Å². The van der Waals surface area contributed by atoms with Gasteiger partial charge in [-0.15, -0.1) is 0 Å². The highest BCUT2D eigenvalue weighted by Crippen LogP contribution is 2.42. The van der Waals surface area contributed by atoms with Gasteiger partial charge in [-0.1, -0.05) is 24.3 Å². The first-order valence-corrected chi connectivity index (χ1v) is 12.7. The Kier molecular flexibility index (Phi) is 7.43. The summed E-state index contributed by atoms with van der Waals surface area (Å²) in [6.45, 7) is 10.4. The molecule has 0 aliphatic carbocycles. The maximum Gasteiger partial charge on any atom is 0.337 e. The summed E-state index contributed by atoms with van der Waals surface area (Å²) in [6.07, 6.45) is 0.815. The van der Waals surface area contributed by atoms with Crippen molar-refractivity contribution in [3.8, 4) is 16.9 Å². The molecular weight excluding hydrogens is 458 g/mol. The number of carboxylic acids is 1. The van der Waals surface area contributed by atoms with Gasteiger partial charge in [0.15, 0.2) is 6.10 Å². The fraction of sp³-hybridized carbons (Fsp3) is 0.345. The van der Waals surface area contributed by atoms with E-state index in [0.717, 1.165) is 63.6 Å². The molecule has 0 saturated heterocycles. The van der Waals surface area contributed by atoms with E-state index in [9.17, 15) is 9.90 Å². The number of anilines is 1. The molecule has 0 radical (unpaired) electrons. The number of hydrogen-bond acceptors (Lipinski definition) is 5. The zero-order valence-corrected chi connectivity index (χ0v) is 21.8. The molecule has 1 aliphatic heterocycles. The molecule has 1 unspecified atom stereocenters. The summed E-state index contributed by atoms with van der Waals surface area (Å²) in [5, 5.41) is 10.3. The number of hydrogen-bond donors (Lipinski definition) is 2. The van der Waals surface area contributed by atoms with Crippen molar-refractivity contribution in [1.82, 2.24) is 0 Å². The first kappa shape index (κ1) is 25.1. The molecule has 35 heavy (non-hydrogen) atoms. The molecule has 1 heterocycles. The Labute approximate surface area is 212 Å². The molecule has 4 rings (SSSR count). The van der Waals surface area contributed by atoms with Gasteiger partial charge < -0.3 is 19.3 Å². The average molecular weight is 492 g/mol. The van der Waals surface area contributed by atoms with E-state index in [0.29, 0.717) is 5.56 Å². The summed E-state index contributed by atoms with van der Waals surface area (Å²) in [5.41, 5.74) is 5.81. The van der Waals surface area contributed by atoms with Gasteiger partial charge in [0.1, 0.15) is 5.75 Å². The molecule has 0 saturated carbocycles. The minimum absolute atomic E-state index is 0.632. The third-order valence-electron chi connectivity index (χ3n) is 6.01. The maximum atomic E-state index is 12.6. The van der Waals surface area contributed by atoms with E-state index < -0.39 is 17.7 Å². The Morgan fingerprint density at radius 3 is 2.54 bits per heavy atom. The number of nitrogens with one attached hydrogen (secondary N) is 1. The number of fused-ring (bicyclic) bond motifs is 1. The van der Waals surface area contributed by atoms with Crippen LogP contribution in [0.1, 0.15) is 55.5 Å². The number of rotatable bonds is 7. The predicted molar refractivity (Wildman–Crippen MR) is 142 cm³/mol. The van der Waals surface area contributed by atoms with Crippen molar-refractivity contribution in [2.45, 2.75) is 64.1 Å². The highest BCUT2D eigenvalue weighted by atomic mass is 32.2. The summed E-state index contributed by atoms with van der Waals surface area (Å²) in [5.74, 6) is -0.0907. The SMILES string of the molecule is Cc1cc(NSc2ccccc2)c(C)c(C(OC(C)(C)C)C(=O)O)c1-c1ccc2c(c1)CCCO2. The summed E-state index contributed by atoms with van der Waals surface area (Å²) in [4.78, 5) is 13.7. The van der Waals surface area contributed by atoms with E-state index in [-0.39, 0.29) is 0 Å². The highest BCUT2D eigenvalue weighted by Gasteiger charge is 2.32. The first-order chi connectivity index (χ1) is 16.6. The lowest BCUT2D eigenvalue weighted by molar-refractivity contribution is -0.160. The molecule has 0 amide bonds. The first-order valence-electron chi connectivity index (χ1n) is 11.9. The van der Waals surface area contributed by atoms with Crippen molar-refractivity contribution in [2.24, 2.45) is 0 Å². The Hall–Kier alpha value is -2.96. The summed E-state index contributed by atoms with van der Waals surface area (Å²) in [6, 6.07) is 18.3. The van der Waals surface area contributed by atoms with Crippen LogP contribution in [0.25, 0.3) is 11.1 Å². The number of aliphatic carboxylic acids is 1. The van der Waals surface area contributed by atoms with E-state index in [2.05, 4.69) is 16.9 Å². The van der Waals surface area contributed by atoms with Gasteiger partial charge in [0, 0.05) is 16.1 Å². The Morgan fingerprint density at radius 2 is 1.86 bits per heavy atom. The van der Waals surface area contributed by atoms with E-state index in [1.807, 2.05) is 77.1 Å². The van der Waals surface area contributed by atoms with Crippen molar-refractivity contribution < 1.29 is 19.4 Å². The molecule has 5 nitrogen and oxygen atoms in total. The molecule has 6 heteroatoms. The molecule has 1 aliphatic rings. The van der Waals surface area contributed by atoms with Crippen LogP contribution in [0.5, 0.6) is 5.75 Å². The van der Waals surface area contributed by atoms with Crippen molar-refractivity contribution in [3.05, 3.63) is 76.9 Å². The normalized spacial score (nSPS) is 14.1. The summed E-state index contributed by atoms with van der Waals surface area (Å²) < 4.78 is 15.4. The Bertz CT molecular complexity index is 1220. The fourth-order valence-electron chi connectivity index (χ4n) is 4.46. The lowest BCUT2D eigenvalue weighted by atomic mass is 9.86. The largest absolute Gasteiger partial charge is 0.493 e. The van der Waals surface area contributed by atoms with E-state index >= 15 is 0 Å². The Balaban J connectivity index is 1.86. The lowest BCUT2D eigenvalue weighted by Gasteiger charge is -2.30. The lowest BCUT2D eigenvalue weighted by Crippen LogP contribution is -2.28. The van der Waals surface area contributed by atoms with Gasteiger partial charge in [-0.25, -0.2) is 4.79 Å². The van der Waals surface area contributed by atoms with Crippen molar-refractivity contribution >= 4 is 23.6 Å². The van der Waals surface area contributed by atoms with Crippen LogP contribution in [0.2, 0.25) is 0 Å². The Morgan fingerprint density at radius 1 is 1.11 bits per heavy atom. The van der Waals surface area contributed by atoms with Crippen LogP contribution < -0.4 is 9.46 Å². The average Bonchev–Trinajstić information content (AvgIpc) is 2.82. The van der Waals surface area contributed by atoms with Gasteiger partial charge in [0.25, 0.3) is 0 Å². The topological polar surface area (TPSA) is 67.8 Å². The van der Waals surface area contributed by atoms with Gasteiger partial charge >= 0.3 is 5.97 Å². The second-order valence-electron chi connectivity index (χ2n) is 9.89. The van der Waals surface area contributed by atoms with Crippen LogP contribution in [0.15, 0.2) is 59.5 Å². The van der Waals surface area contributed by atoms with Gasteiger partial charge in [-0.05, 0) is 118 Å². The fourth-order valence-corrected chi connectivity index (χ4v) is 5.20. The summed E-state index contributed by atoms with van der Waals surface area (Å²) in [7, 11) is 0. The van der Waals surface area contributed by atoms with E-state index in [4.69, 9.17) is 9.47 Å². The van der Waals surface area contributed by atoms with Crippen LogP contribution in [0, 0.1) is 13.8 Å². The van der Waals surface area contributed by atoms with Crippen molar-refractivity contribution in [2.75, 3.05) is 11.3 Å². The van der Waals surface area contributed by atoms with E-state index in [1.165, 1.54) is 11.9 Å². The molecule has 2 N–H and O–H groups in total. The maximum absolute atomic E-state index is 12.6. The molecule has 0 aromatic heterocycles. The minimum Gasteiger partial charge on any atom is -0.493 e. The molecular formula is C29H33NO4S. The molecule has 1 atom stereocenters. The highest BCUT2D eigenvalue weighted by molar-refractivity contribution is 8.00. The number of carboxylic acid groups (broad SMARTS) is 1. The second-order valence-corrected chi connectivity index (χ2v) is 10.8. The number of benzene rings is 3. The zero-order chi connectivity index (χ0) is 25.2. The molecule has 3 aromatic carbocycles. The molecule has 0 bridgehead atoms. The van der Waals surface area contributed by atoms with Crippen LogP contribution >= 0.6 is 11.9 Å². The molecule has 0 fully saturated rings. The smallest absolute Gasteiger partial charge is 0.337 e. The van der Waals surface area contributed by atoms with E-state index in [1.54, 1.807) is 0 Å². The van der Waals surface area contributed by atoms with Crippen LogP contribution in [0.3, 0.4) is 0 Å². The summed E-state index contributed by atoms with van der Waals surface area (Å²) >= 11 is 1.50. The number of carbonyl (C=O) groups is 1. The van der Waals surface area contributed by atoms with Crippen molar-refractivity contribution in [1.29, 1.82) is 0 Å². The number of aryl methyl sites for hydroxylation is 2. The number of ether oxygens (including phenoxy) is 2. The van der Waals surface area contributed by atoms with Crippen LogP contribution in [-0.4, -0.2) is 23.3 Å². The predicted octanol–water partition coefficient (Wildman–Crippen LogP) is 7.36. The van der Waals surface area contributed by atoms with Gasteiger partial charge in [0.2, 0.25) is 0 Å². The third kappa shape index (κ3) is 5.82. The van der Waals surface area contributed by atoms with Gasteiger partial charge in [-0.2, -0.15) is 0 Å². The van der Waals surface area contributed by atoms with Gasteiger partial charge in [0.05, 0.1) is 12.2 Å². The van der Waals surface area contributed by atoms with Crippen molar-refractivity contribution in [3.63, 3.8) is 0 Å². The minimum atomic E-state index is -1.11. The second kappa shape index (κ2) is 10.3. The third-order valence-corrected chi connectivity index (χ3v) is 6.84.